The number of alkyl halides is 2. The van der Waals surface area contributed by atoms with Crippen LogP contribution in [-0.2, 0) is 4.79 Å². The minimum Gasteiger partial charge on any atom is -0.342 e. The number of hydrogen-bond acceptors (Lipinski definition) is 1. The summed E-state index contributed by atoms with van der Waals surface area (Å²) in [4.78, 5) is 14.9. The van der Waals surface area contributed by atoms with E-state index in [9.17, 15) is 13.6 Å². The number of fused-ring (bicyclic) bond motifs is 1. The molecule has 4 unspecified atom stereocenters. The number of nitrogens with zero attached hydrogens (tertiary/aromatic N) is 1. The Hall–Kier alpha value is -2.17. The number of aryl methyl sites for hydroxylation is 1. The molecule has 0 aromatic heterocycles. The first-order valence-corrected chi connectivity index (χ1v) is 13.2. The fraction of sp³-hybridized carbons (Fsp3) is 0.433. The molecule has 1 aliphatic carbocycles. The Morgan fingerprint density at radius 2 is 1.69 bits per heavy atom. The molecule has 1 saturated carbocycles. The molecule has 1 aliphatic heterocycles. The minimum absolute atomic E-state index is 0.131. The first-order valence-electron chi connectivity index (χ1n) is 12.4. The van der Waals surface area contributed by atoms with Gasteiger partial charge < -0.3 is 4.90 Å². The van der Waals surface area contributed by atoms with Crippen molar-refractivity contribution in [2.75, 3.05) is 26.9 Å². The molecule has 2 aromatic carbocycles. The van der Waals surface area contributed by atoms with Crippen LogP contribution in [0.15, 0.2) is 66.8 Å². The molecule has 0 N–H and O–H groups in total. The number of benzene rings is 2. The third-order valence-corrected chi connectivity index (χ3v) is 7.56. The maximum absolute atomic E-state index is 12.8. The van der Waals surface area contributed by atoms with E-state index in [0.717, 1.165) is 36.0 Å². The van der Waals surface area contributed by atoms with Gasteiger partial charge in [-0.05, 0) is 86.3 Å². The zero-order valence-corrected chi connectivity index (χ0v) is 23.1. The van der Waals surface area contributed by atoms with Crippen molar-refractivity contribution in [1.82, 2.24) is 4.90 Å². The van der Waals surface area contributed by atoms with Crippen LogP contribution in [0.2, 0.25) is 10.0 Å². The van der Waals surface area contributed by atoms with Crippen LogP contribution in [0, 0.1) is 18.8 Å². The zero-order valence-electron chi connectivity index (χ0n) is 21.6. The molecule has 6 heteroatoms. The Morgan fingerprint density at radius 1 is 1.03 bits per heavy atom. The Bertz CT molecular complexity index is 1020. The molecule has 2 aliphatic rings. The van der Waals surface area contributed by atoms with Gasteiger partial charge in [0.25, 0.3) is 0 Å². The third-order valence-electron chi connectivity index (χ3n) is 6.98. The summed E-state index contributed by atoms with van der Waals surface area (Å²) in [7, 11) is 0.500. The van der Waals surface area contributed by atoms with Gasteiger partial charge in [0, 0.05) is 29.1 Å². The average Bonchev–Trinajstić information content (AvgIpc) is 3.22. The Labute approximate surface area is 225 Å². The quantitative estimate of drug-likeness (QED) is 0.350. The monoisotopic (exact) mass is 535 g/mol. The van der Waals surface area contributed by atoms with Gasteiger partial charge in [0.2, 0.25) is 5.91 Å². The van der Waals surface area contributed by atoms with Crippen LogP contribution in [0.5, 0.6) is 0 Å². The minimum atomic E-state index is -0.371. The fourth-order valence-corrected chi connectivity index (χ4v) is 5.90. The second-order valence-corrected chi connectivity index (χ2v) is 9.89. The van der Waals surface area contributed by atoms with E-state index < -0.39 is 0 Å². The first kappa shape index (κ1) is 30.1. The number of rotatable bonds is 5. The van der Waals surface area contributed by atoms with Crippen molar-refractivity contribution >= 4 is 29.1 Å². The molecule has 4 atom stereocenters. The Kier molecular flexibility index (Phi) is 12.7. The van der Waals surface area contributed by atoms with E-state index in [2.05, 4.69) is 44.2 Å². The summed E-state index contributed by atoms with van der Waals surface area (Å²) < 4.78 is 20.7. The van der Waals surface area contributed by atoms with Crippen LogP contribution < -0.4 is 0 Å². The van der Waals surface area contributed by atoms with Gasteiger partial charge in [-0.1, -0.05) is 71.8 Å². The molecule has 4 rings (SSSR count). The lowest BCUT2D eigenvalue weighted by molar-refractivity contribution is -0.131. The van der Waals surface area contributed by atoms with Crippen LogP contribution in [0.4, 0.5) is 8.78 Å². The van der Waals surface area contributed by atoms with Crippen molar-refractivity contribution in [3.05, 3.63) is 93.5 Å². The number of likely N-dealkylation sites (tertiary alicyclic amines) is 1. The molecule has 2 nitrogen and oxygen atoms in total. The molecule has 0 spiro atoms. The Morgan fingerprint density at radius 3 is 2.28 bits per heavy atom. The summed E-state index contributed by atoms with van der Waals surface area (Å²) in [5, 5.41) is 1.59. The predicted molar refractivity (Wildman–Crippen MR) is 149 cm³/mol. The van der Waals surface area contributed by atoms with Crippen molar-refractivity contribution in [3.63, 3.8) is 0 Å². The van der Waals surface area contributed by atoms with Gasteiger partial charge in [-0.15, -0.1) is 0 Å². The van der Waals surface area contributed by atoms with Crippen molar-refractivity contribution < 1.29 is 13.6 Å². The maximum Gasteiger partial charge on any atom is 0.226 e. The van der Waals surface area contributed by atoms with E-state index in [-0.39, 0.29) is 18.5 Å². The summed E-state index contributed by atoms with van der Waals surface area (Å²) in [6.45, 7) is 7.29. The number of carbonyl (C=O) groups excluding carboxylic acids is 1. The summed E-state index contributed by atoms with van der Waals surface area (Å²) in [5.74, 6) is 1.39. The van der Waals surface area contributed by atoms with Crippen LogP contribution in [0.25, 0.3) is 0 Å². The molecular weight excluding hydrogens is 499 g/mol. The second-order valence-electron chi connectivity index (χ2n) is 9.04. The molecule has 2 fully saturated rings. The highest BCUT2D eigenvalue weighted by Gasteiger charge is 2.49. The van der Waals surface area contributed by atoms with Gasteiger partial charge in [0.15, 0.2) is 0 Å². The molecule has 1 saturated heterocycles. The lowest BCUT2D eigenvalue weighted by Crippen LogP contribution is -2.32. The predicted octanol–water partition coefficient (Wildman–Crippen LogP) is 8.73. The summed E-state index contributed by atoms with van der Waals surface area (Å²) in [6.07, 6.45) is 8.71. The molecule has 1 amide bonds. The third kappa shape index (κ3) is 7.43. The Balaban J connectivity index is 0.000000440. The number of hydrogen-bond donors (Lipinski definition) is 0. The van der Waals surface area contributed by atoms with E-state index in [1.54, 1.807) is 12.2 Å². The molecule has 196 valence electrons. The van der Waals surface area contributed by atoms with Crippen LogP contribution in [0.3, 0.4) is 0 Å². The molecule has 0 radical (unpaired) electrons. The zero-order chi connectivity index (χ0) is 26.7. The normalized spacial score (nSPS) is 23.2. The van der Waals surface area contributed by atoms with Crippen molar-refractivity contribution in [3.8, 4) is 0 Å². The second kappa shape index (κ2) is 15.2. The topological polar surface area (TPSA) is 20.3 Å². The lowest BCUT2D eigenvalue weighted by Gasteiger charge is -2.40. The molecular formula is C30H37Cl2F2NO. The van der Waals surface area contributed by atoms with Gasteiger partial charge in [-0.2, -0.15) is 0 Å². The van der Waals surface area contributed by atoms with E-state index in [0.29, 0.717) is 24.9 Å². The number of amides is 1. The van der Waals surface area contributed by atoms with Gasteiger partial charge in [-0.3, -0.25) is 9.18 Å². The highest BCUT2D eigenvalue weighted by atomic mass is 35.5. The van der Waals surface area contributed by atoms with E-state index >= 15 is 0 Å². The first-order chi connectivity index (χ1) is 17.4. The average molecular weight is 537 g/mol. The van der Waals surface area contributed by atoms with Gasteiger partial charge in [0.1, 0.15) is 6.67 Å². The van der Waals surface area contributed by atoms with Crippen molar-refractivity contribution in [1.29, 1.82) is 0 Å². The SMILES string of the molecule is C/C=C\C=C/CF.CCN1CC2C(CCC(c3ccc(C)cc3Cl)C2c2ccc(Cl)cc2)C1=O.CF. The highest BCUT2D eigenvalue weighted by Crippen LogP contribution is 2.53. The van der Waals surface area contributed by atoms with Gasteiger partial charge in [0.05, 0.1) is 7.18 Å². The smallest absolute Gasteiger partial charge is 0.226 e. The van der Waals surface area contributed by atoms with Crippen LogP contribution >= 0.6 is 23.2 Å². The van der Waals surface area contributed by atoms with E-state index in [1.165, 1.54) is 22.8 Å². The standard InChI is InChI=1S/C23H25Cl2NO.C6H9F.CH3F/c1-3-26-13-20-19(23(26)27)11-10-18(17-9-4-14(2)12-21(17)25)22(20)15-5-7-16(24)8-6-15;1-2-3-4-5-6-7;1-2/h4-9,12,18-20,22H,3,10-11,13H2,1-2H3;2-5H,6H2,1H3;1H3/b;3-2-,5-4-;. The molecule has 2 aromatic rings. The van der Waals surface area contributed by atoms with Gasteiger partial charge in [-0.25, -0.2) is 4.39 Å². The lowest BCUT2D eigenvalue weighted by atomic mass is 9.63. The summed E-state index contributed by atoms with van der Waals surface area (Å²) >= 11 is 12.8. The van der Waals surface area contributed by atoms with Crippen molar-refractivity contribution in [2.45, 2.75) is 45.4 Å². The largest absolute Gasteiger partial charge is 0.342 e. The summed E-state index contributed by atoms with van der Waals surface area (Å²) in [5.41, 5.74) is 3.65. The van der Waals surface area contributed by atoms with Crippen molar-refractivity contribution in [2.24, 2.45) is 11.8 Å². The molecule has 1 heterocycles. The summed E-state index contributed by atoms with van der Waals surface area (Å²) in [6, 6.07) is 14.6. The molecule has 36 heavy (non-hydrogen) atoms. The van der Waals surface area contributed by atoms with Crippen LogP contribution in [-0.4, -0.2) is 37.7 Å². The van der Waals surface area contributed by atoms with E-state index in [4.69, 9.17) is 23.2 Å². The highest BCUT2D eigenvalue weighted by molar-refractivity contribution is 6.31. The molecule has 0 bridgehead atoms. The number of allylic oxidation sites excluding steroid dienone is 4. The maximum atomic E-state index is 12.8. The van der Waals surface area contributed by atoms with Crippen LogP contribution in [0.1, 0.15) is 55.2 Å². The number of carbonyl (C=O) groups is 1. The van der Waals surface area contributed by atoms with Gasteiger partial charge >= 0.3 is 0 Å². The number of halogens is 4. The van der Waals surface area contributed by atoms with E-state index in [1.807, 2.05) is 30.0 Å². The fourth-order valence-electron chi connectivity index (χ4n) is 5.40.